The van der Waals surface area contributed by atoms with E-state index in [0.29, 0.717) is 0 Å². The molecule has 0 aliphatic heterocycles. The van der Waals surface area contributed by atoms with Crippen LogP contribution in [0.5, 0.6) is 11.5 Å². The normalized spacial score (nSPS) is 12.2. The zero-order valence-corrected chi connectivity index (χ0v) is 13.5. The van der Waals surface area contributed by atoms with E-state index < -0.39 is 0 Å². The second-order valence-electron chi connectivity index (χ2n) is 5.03. The van der Waals surface area contributed by atoms with Crippen LogP contribution in [0.3, 0.4) is 0 Å². The van der Waals surface area contributed by atoms with Crippen LogP contribution in [0, 0.1) is 6.92 Å². The minimum Gasteiger partial charge on any atom is -0.457 e. The highest BCUT2D eigenvalue weighted by molar-refractivity contribution is 9.10. The van der Waals surface area contributed by atoms with Crippen LogP contribution in [0.2, 0.25) is 0 Å². The molecule has 0 heterocycles. The van der Waals surface area contributed by atoms with Crippen molar-refractivity contribution in [3.8, 4) is 11.5 Å². The monoisotopic (exact) mass is 333 g/mol. The predicted octanol–water partition coefficient (Wildman–Crippen LogP) is 4.83. The SMILES string of the molecule is CCC(N)Cc1ccc(C)c(Oc2ccc(Br)cc2)c1. The van der Waals surface area contributed by atoms with Crippen LogP contribution in [0.15, 0.2) is 46.9 Å². The average Bonchev–Trinajstić information content (AvgIpc) is 2.45. The topological polar surface area (TPSA) is 35.2 Å². The summed E-state index contributed by atoms with van der Waals surface area (Å²) in [7, 11) is 0. The van der Waals surface area contributed by atoms with E-state index in [0.717, 1.165) is 34.4 Å². The first-order valence-electron chi connectivity index (χ1n) is 6.87. The molecule has 1 atom stereocenters. The van der Waals surface area contributed by atoms with Gasteiger partial charge in [-0.15, -0.1) is 0 Å². The molecule has 0 aromatic heterocycles. The first-order valence-corrected chi connectivity index (χ1v) is 7.66. The molecule has 2 rings (SSSR count). The third kappa shape index (κ3) is 4.09. The second kappa shape index (κ2) is 6.91. The van der Waals surface area contributed by atoms with Gasteiger partial charge in [0.15, 0.2) is 0 Å². The number of ether oxygens (including phenoxy) is 1. The lowest BCUT2D eigenvalue weighted by Crippen LogP contribution is -2.21. The van der Waals surface area contributed by atoms with Crippen molar-refractivity contribution in [1.82, 2.24) is 0 Å². The molecule has 0 spiro atoms. The summed E-state index contributed by atoms with van der Waals surface area (Å²) in [4.78, 5) is 0. The largest absolute Gasteiger partial charge is 0.457 e. The van der Waals surface area contributed by atoms with Crippen molar-refractivity contribution in [3.05, 3.63) is 58.1 Å². The Labute approximate surface area is 129 Å². The van der Waals surface area contributed by atoms with Crippen LogP contribution in [-0.2, 0) is 6.42 Å². The van der Waals surface area contributed by atoms with Gasteiger partial charge in [-0.05, 0) is 61.2 Å². The Morgan fingerprint density at radius 1 is 1.15 bits per heavy atom. The third-order valence-electron chi connectivity index (χ3n) is 3.32. The van der Waals surface area contributed by atoms with Crippen molar-refractivity contribution >= 4 is 15.9 Å². The van der Waals surface area contributed by atoms with Crippen LogP contribution in [0.1, 0.15) is 24.5 Å². The fourth-order valence-electron chi connectivity index (χ4n) is 1.96. The Hall–Kier alpha value is -1.32. The Bertz CT molecular complexity index is 566. The minimum absolute atomic E-state index is 0.207. The summed E-state index contributed by atoms with van der Waals surface area (Å²) in [5.74, 6) is 1.74. The predicted molar refractivity (Wildman–Crippen MR) is 87.4 cm³/mol. The van der Waals surface area contributed by atoms with Gasteiger partial charge in [0, 0.05) is 10.5 Å². The minimum atomic E-state index is 0.207. The number of benzene rings is 2. The zero-order chi connectivity index (χ0) is 14.5. The number of hydrogen-bond acceptors (Lipinski definition) is 2. The van der Waals surface area contributed by atoms with Crippen LogP contribution >= 0.6 is 15.9 Å². The van der Waals surface area contributed by atoms with Gasteiger partial charge in [-0.2, -0.15) is 0 Å². The Morgan fingerprint density at radius 3 is 2.50 bits per heavy atom. The first-order chi connectivity index (χ1) is 9.58. The highest BCUT2D eigenvalue weighted by Gasteiger charge is 2.06. The summed E-state index contributed by atoms with van der Waals surface area (Å²) in [5.41, 5.74) is 8.36. The van der Waals surface area contributed by atoms with Gasteiger partial charge in [-0.25, -0.2) is 0 Å². The number of nitrogens with two attached hydrogens (primary N) is 1. The molecule has 20 heavy (non-hydrogen) atoms. The molecule has 0 aliphatic carbocycles. The van der Waals surface area contributed by atoms with Gasteiger partial charge in [-0.3, -0.25) is 0 Å². The maximum Gasteiger partial charge on any atom is 0.130 e. The molecular formula is C17H20BrNO. The molecule has 2 nitrogen and oxygen atoms in total. The molecule has 0 radical (unpaired) electrons. The second-order valence-corrected chi connectivity index (χ2v) is 5.94. The van der Waals surface area contributed by atoms with E-state index in [9.17, 15) is 0 Å². The van der Waals surface area contributed by atoms with Gasteiger partial charge >= 0.3 is 0 Å². The Kier molecular flexibility index (Phi) is 5.21. The highest BCUT2D eigenvalue weighted by Crippen LogP contribution is 2.27. The fourth-order valence-corrected chi connectivity index (χ4v) is 2.22. The molecule has 0 bridgehead atoms. The number of aryl methyl sites for hydroxylation is 1. The molecule has 2 aromatic rings. The van der Waals surface area contributed by atoms with Gasteiger partial charge in [0.2, 0.25) is 0 Å². The average molecular weight is 334 g/mol. The van der Waals surface area contributed by atoms with Gasteiger partial charge in [-0.1, -0.05) is 35.0 Å². The zero-order valence-electron chi connectivity index (χ0n) is 11.9. The maximum atomic E-state index is 6.02. The lowest BCUT2D eigenvalue weighted by atomic mass is 10.0. The van der Waals surface area contributed by atoms with Crippen molar-refractivity contribution in [1.29, 1.82) is 0 Å². The molecule has 106 valence electrons. The maximum absolute atomic E-state index is 6.02. The van der Waals surface area contributed by atoms with E-state index in [2.05, 4.69) is 48.0 Å². The van der Waals surface area contributed by atoms with Gasteiger partial charge in [0.05, 0.1) is 0 Å². The van der Waals surface area contributed by atoms with Crippen molar-refractivity contribution in [3.63, 3.8) is 0 Å². The van der Waals surface area contributed by atoms with Crippen LogP contribution < -0.4 is 10.5 Å². The fraction of sp³-hybridized carbons (Fsp3) is 0.294. The van der Waals surface area contributed by atoms with Gasteiger partial charge < -0.3 is 10.5 Å². The Balaban J connectivity index is 2.18. The molecular weight excluding hydrogens is 314 g/mol. The summed E-state index contributed by atoms with van der Waals surface area (Å²) in [6.07, 6.45) is 1.87. The summed E-state index contributed by atoms with van der Waals surface area (Å²) in [6.45, 7) is 4.16. The van der Waals surface area contributed by atoms with Gasteiger partial charge in [0.25, 0.3) is 0 Å². The summed E-state index contributed by atoms with van der Waals surface area (Å²) >= 11 is 3.42. The first kappa shape index (κ1) is 15.1. The van der Waals surface area contributed by atoms with Crippen LogP contribution in [0.4, 0.5) is 0 Å². The van der Waals surface area contributed by atoms with Crippen molar-refractivity contribution in [2.75, 3.05) is 0 Å². The summed E-state index contributed by atoms with van der Waals surface area (Å²) < 4.78 is 7.00. The molecule has 0 aliphatic rings. The standard InChI is InChI=1S/C17H20BrNO/c1-3-15(19)10-13-5-4-12(2)17(11-13)20-16-8-6-14(18)7-9-16/h4-9,11,15H,3,10,19H2,1-2H3. The van der Waals surface area contributed by atoms with Crippen LogP contribution in [0.25, 0.3) is 0 Å². The number of halogens is 1. The molecule has 0 saturated carbocycles. The molecule has 2 aromatic carbocycles. The summed E-state index contributed by atoms with van der Waals surface area (Å²) in [5, 5.41) is 0. The van der Waals surface area contributed by atoms with E-state index in [-0.39, 0.29) is 6.04 Å². The number of rotatable bonds is 5. The Morgan fingerprint density at radius 2 is 1.85 bits per heavy atom. The third-order valence-corrected chi connectivity index (χ3v) is 3.84. The van der Waals surface area contributed by atoms with Crippen molar-refractivity contribution in [2.24, 2.45) is 5.73 Å². The molecule has 0 fully saturated rings. The smallest absolute Gasteiger partial charge is 0.130 e. The van der Waals surface area contributed by atoms with Crippen LogP contribution in [-0.4, -0.2) is 6.04 Å². The van der Waals surface area contributed by atoms with Crippen molar-refractivity contribution < 1.29 is 4.74 Å². The quantitative estimate of drug-likeness (QED) is 0.850. The number of hydrogen-bond donors (Lipinski definition) is 1. The van der Waals surface area contributed by atoms with E-state index in [1.807, 2.05) is 24.3 Å². The molecule has 0 amide bonds. The van der Waals surface area contributed by atoms with Gasteiger partial charge in [0.1, 0.15) is 11.5 Å². The van der Waals surface area contributed by atoms with E-state index in [1.54, 1.807) is 0 Å². The van der Waals surface area contributed by atoms with E-state index >= 15 is 0 Å². The molecule has 2 N–H and O–H groups in total. The molecule has 3 heteroatoms. The highest BCUT2D eigenvalue weighted by atomic mass is 79.9. The lowest BCUT2D eigenvalue weighted by Gasteiger charge is -2.13. The summed E-state index contributed by atoms with van der Waals surface area (Å²) in [6, 6.07) is 14.4. The molecule has 0 saturated heterocycles. The lowest BCUT2D eigenvalue weighted by molar-refractivity contribution is 0.477. The van der Waals surface area contributed by atoms with Crippen molar-refractivity contribution in [2.45, 2.75) is 32.7 Å². The molecule has 1 unspecified atom stereocenters. The van der Waals surface area contributed by atoms with E-state index in [1.165, 1.54) is 5.56 Å². The van der Waals surface area contributed by atoms with E-state index in [4.69, 9.17) is 10.5 Å².